The van der Waals surface area contributed by atoms with Crippen LogP contribution in [0.5, 0.6) is 5.75 Å². The second-order valence-corrected chi connectivity index (χ2v) is 8.72. The second-order valence-electron chi connectivity index (χ2n) is 6.70. The summed E-state index contributed by atoms with van der Waals surface area (Å²) in [5, 5.41) is 0. The van der Waals surface area contributed by atoms with Crippen molar-refractivity contribution in [2.24, 2.45) is 5.73 Å². The molecule has 2 N–H and O–H groups in total. The first kappa shape index (κ1) is 19.7. The lowest BCUT2D eigenvalue weighted by molar-refractivity contribution is -0.135. The van der Waals surface area contributed by atoms with Crippen LogP contribution in [0.1, 0.15) is 39.0 Å². The lowest BCUT2D eigenvalue weighted by atomic mass is 9.96. The third-order valence-corrected chi connectivity index (χ3v) is 5.66. The maximum Gasteiger partial charge on any atom is 0.222 e. The second kappa shape index (κ2) is 8.67. The van der Waals surface area contributed by atoms with Crippen molar-refractivity contribution in [3.05, 3.63) is 24.3 Å². The van der Waals surface area contributed by atoms with E-state index in [9.17, 15) is 13.2 Å². The molecule has 2 atom stereocenters. The number of likely N-dealkylation sites (tertiary alicyclic amines) is 1. The van der Waals surface area contributed by atoms with E-state index in [2.05, 4.69) is 0 Å². The number of piperidine rings is 1. The molecule has 1 aromatic carbocycles. The predicted octanol–water partition coefficient (Wildman–Crippen LogP) is 1.98. The number of nitrogens with zero attached hydrogens (tertiary/aromatic N) is 1. The lowest BCUT2D eigenvalue weighted by Crippen LogP contribution is -2.51. The van der Waals surface area contributed by atoms with Crippen molar-refractivity contribution >= 4 is 15.7 Å². The zero-order valence-electron chi connectivity index (χ0n) is 15.0. The highest BCUT2D eigenvalue weighted by Crippen LogP contribution is 2.20. The Balaban J connectivity index is 1.77. The molecule has 1 aliphatic heterocycles. The number of rotatable bonds is 7. The molecule has 1 fully saturated rings. The van der Waals surface area contributed by atoms with E-state index in [0.29, 0.717) is 25.2 Å². The van der Waals surface area contributed by atoms with Gasteiger partial charge in [-0.25, -0.2) is 8.42 Å². The van der Waals surface area contributed by atoms with Crippen LogP contribution in [-0.2, 0) is 14.6 Å². The summed E-state index contributed by atoms with van der Waals surface area (Å²) >= 11 is 0. The number of ether oxygens (including phenoxy) is 1. The van der Waals surface area contributed by atoms with Gasteiger partial charge >= 0.3 is 0 Å². The zero-order chi connectivity index (χ0) is 18.4. The quantitative estimate of drug-likeness (QED) is 0.743. The average Bonchev–Trinajstić information content (AvgIpc) is 2.58. The summed E-state index contributed by atoms with van der Waals surface area (Å²) in [7, 11) is -3.20. The monoisotopic (exact) mass is 368 g/mol. The van der Waals surface area contributed by atoms with Crippen molar-refractivity contribution < 1.29 is 17.9 Å². The molecule has 6 nitrogen and oxygen atoms in total. The van der Waals surface area contributed by atoms with E-state index >= 15 is 0 Å². The highest BCUT2D eigenvalue weighted by Gasteiger charge is 2.28. The van der Waals surface area contributed by atoms with Gasteiger partial charge in [-0.15, -0.1) is 0 Å². The molecule has 2 rings (SSSR count). The molecule has 0 aromatic heterocycles. The highest BCUT2D eigenvalue weighted by atomic mass is 32.2. The van der Waals surface area contributed by atoms with E-state index in [1.807, 2.05) is 11.8 Å². The fourth-order valence-corrected chi connectivity index (χ4v) is 3.78. The van der Waals surface area contributed by atoms with Crippen LogP contribution in [0.25, 0.3) is 0 Å². The third-order valence-electron chi connectivity index (χ3n) is 4.53. The van der Waals surface area contributed by atoms with E-state index in [1.165, 1.54) is 18.4 Å². The Bertz CT molecular complexity index is 671. The van der Waals surface area contributed by atoms with Crippen molar-refractivity contribution in [1.29, 1.82) is 0 Å². The summed E-state index contributed by atoms with van der Waals surface area (Å²) in [4.78, 5) is 14.6. The molecule has 7 heteroatoms. The largest absolute Gasteiger partial charge is 0.494 e. The SMILES string of the molecule is CC(N)C1CCCCN1C(=O)CCCOc1ccc(S(C)(=O)=O)cc1. The summed E-state index contributed by atoms with van der Waals surface area (Å²) in [5.41, 5.74) is 6.01. The van der Waals surface area contributed by atoms with E-state index < -0.39 is 9.84 Å². The number of carbonyl (C=O) groups is 1. The van der Waals surface area contributed by atoms with Gasteiger partial charge in [0.25, 0.3) is 0 Å². The molecule has 1 amide bonds. The Labute approximate surface area is 150 Å². The van der Waals surface area contributed by atoms with Crippen LogP contribution < -0.4 is 10.5 Å². The molecule has 1 saturated heterocycles. The lowest BCUT2D eigenvalue weighted by Gasteiger charge is -2.38. The molecule has 0 bridgehead atoms. The molecular weight excluding hydrogens is 340 g/mol. The van der Waals surface area contributed by atoms with Gasteiger partial charge in [0.15, 0.2) is 9.84 Å². The van der Waals surface area contributed by atoms with Gasteiger partial charge < -0.3 is 15.4 Å². The van der Waals surface area contributed by atoms with E-state index in [1.54, 1.807) is 12.1 Å². The van der Waals surface area contributed by atoms with Gasteiger partial charge in [-0.05, 0) is 56.9 Å². The Morgan fingerprint density at radius 3 is 2.60 bits per heavy atom. The van der Waals surface area contributed by atoms with Gasteiger partial charge in [0.2, 0.25) is 5.91 Å². The van der Waals surface area contributed by atoms with Crippen molar-refractivity contribution in [2.75, 3.05) is 19.4 Å². The molecule has 2 unspecified atom stereocenters. The third kappa shape index (κ3) is 5.71. The number of sulfone groups is 1. The van der Waals surface area contributed by atoms with Gasteiger partial charge in [-0.1, -0.05) is 0 Å². The Hall–Kier alpha value is -1.60. The Kier molecular flexibility index (Phi) is 6.84. The summed E-state index contributed by atoms with van der Waals surface area (Å²) in [6, 6.07) is 6.46. The molecule has 1 aromatic rings. The molecule has 1 heterocycles. The van der Waals surface area contributed by atoms with Gasteiger partial charge in [-0.3, -0.25) is 4.79 Å². The Morgan fingerprint density at radius 2 is 2.00 bits per heavy atom. The summed E-state index contributed by atoms with van der Waals surface area (Å²) in [5.74, 6) is 0.740. The van der Waals surface area contributed by atoms with E-state index in [0.717, 1.165) is 25.8 Å². The van der Waals surface area contributed by atoms with E-state index in [4.69, 9.17) is 10.5 Å². The first-order valence-corrected chi connectivity index (χ1v) is 10.7. The minimum atomic E-state index is -3.20. The van der Waals surface area contributed by atoms with Gasteiger partial charge in [-0.2, -0.15) is 0 Å². The molecular formula is C18H28N2O4S. The smallest absolute Gasteiger partial charge is 0.222 e. The molecule has 1 aliphatic rings. The average molecular weight is 368 g/mol. The highest BCUT2D eigenvalue weighted by molar-refractivity contribution is 7.90. The molecule has 0 radical (unpaired) electrons. The summed E-state index contributed by atoms with van der Waals surface area (Å²) in [6.45, 7) is 3.17. The number of amides is 1. The van der Waals surface area contributed by atoms with Crippen LogP contribution in [0, 0.1) is 0 Å². The van der Waals surface area contributed by atoms with Crippen molar-refractivity contribution in [3.63, 3.8) is 0 Å². The van der Waals surface area contributed by atoms with Gasteiger partial charge in [0.1, 0.15) is 5.75 Å². The van der Waals surface area contributed by atoms with Crippen LogP contribution in [0.4, 0.5) is 0 Å². The molecule has 0 aliphatic carbocycles. The van der Waals surface area contributed by atoms with Crippen molar-refractivity contribution in [1.82, 2.24) is 4.90 Å². The van der Waals surface area contributed by atoms with Crippen LogP contribution in [0.15, 0.2) is 29.2 Å². The zero-order valence-corrected chi connectivity index (χ0v) is 15.8. The molecule has 25 heavy (non-hydrogen) atoms. The number of carbonyl (C=O) groups excluding carboxylic acids is 1. The van der Waals surface area contributed by atoms with Crippen molar-refractivity contribution in [3.8, 4) is 5.75 Å². The number of benzene rings is 1. The van der Waals surface area contributed by atoms with Crippen LogP contribution in [0.3, 0.4) is 0 Å². The van der Waals surface area contributed by atoms with Gasteiger partial charge in [0.05, 0.1) is 11.5 Å². The van der Waals surface area contributed by atoms with E-state index in [-0.39, 0.29) is 22.9 Å². The number of nitrogens with two attached hydrogens (primary N) is 1. The number of hydrogen-bond acceptors (Lipinski definition) is 5. The van der Waals surface area contributed by atoms with Crippen LogP contribution in [-0.4, -0.2) is 50.7 Å². The minimum absolute atomic E-state index is 0.00569. The summed E-state index contributed by atoms with van der Waals surface area (Å²) < 4.78 is 28.4. The maximum atomic E-state index is 12.4. The normalized spacial score (nSPS) is 19.5. The fourth-order valence-electron chi connectivity index (χ4n) is 3.15. The number of hydrogen-bond donors (Lipinski definition) is 1. The topological polar surface area (TPSA) is 89.7 Å². The predicted molar refractivity (Wildman–Crippen MR) is 97.3 cm³/mol. The first-order chi connectivity index (χ1) is 11.8. The maximum absolute atomic E-state index is 12.4. The minimum Gasteiger partial charge on any atom is -0.494 e. The molecule has 140 valence electrons. The Morgan fingerprint density at radius 1 is 1.32 bits per heavy atom. The summed E-state index contributed by atoms with van der Waals surface area (Å²) in [6.07, 6.45) is 5.37. The van der Waals surface area contributed by atoms with Crippen molar-refractivity contribution in [2.45, 2.75) is 56.0 Å². The standard InChI is InChI=1S/C18H28N2O4S/c1-14(19)17-6-3-4-12-20(17)18(21)7-5-13-24-15-8-10-16(11-9-15)25(2,22)23/h8-11,14,17H,3-7,12-13,19H2,1-2H3. The first-order valence-electron chi connectivity index (χ1n) is 8.77. The fraction of sp³-hybridized carbons (Fsp3) is 0.611. The molecule has 0 saturated carbocycles. The van der Waals surface area contributed by atoms with Crippen LogP contribution >= 0.6 is 0 Å². The van der Waals surface area contributed by atoms with Gasteiger partial charge in [0, 0.05) is 31.3 Å². The van der Waals surface area contributed by atoms with Crippen LogP contribution in [0.2, 0.25) is 0 Å². The molecule has 0 spiro atoms.